The Morgan fingerprint density at radius 3 is 2.83 bits per heavy atom. The van der Waals surface area contributed by atoms with Crippen molar-refractivity contribution in [2.45, 2.75) is 56.7 Å². The number of hydrazine groups is 1. The third-order valence-corrected chi connectivity index (χ3v) is 7.62. The lowest BCUT2D eigenvalue weighted by molar-refractivity contribution is -0.0550. The Morgan fingerprint density at radius 1 is 1.07 bits per heavy atom. The van der Waals surface area contributed by atoms with Gasteiger partial charge in [0.1, 0.15) is 5.69 Å². The van der Waals surface area contributed by atoms with E-state index >= 15 is 0 Å². The first kappa shape index (κ1) is 17.9. The summed E-state index contributed by atoms with van der Waals surface area (Å²) in [5, 5.41) is 17.1. The number of aromatic nitrogens is 2. The molecule has 2 saturated heterocycles. The van der Waals surface area contributed by atoms with Gasteiger partial charge in [0.2, 0.25) is 0 Å². The summed E-state index contributed by atoms with van der Waals surface area (Å²) in [6.07, 6.45) is 10.8. The van der Waals surface area contributed by atoms with Crippen molar-refractivity contribution in [2.24, 2.45) is 5.92 Å². The molecule has 7 nitrogen and oxygen atoms in total. The highest BCUT2D eigenvalue weighted by molar-refractivity contribution is 5.62. The number of likely N-dealkylation sites (tertiary alicyclic amines) is 1. The van der Waals surface area contributed by atoms with Crippen LogP contribution in [0, 0.1) is 5.92 Å². The Balaban J connectivity index is 1.52. The standard InChI is InChI=1S/C22H30N6O/c1-3-9-19-17(6-1)8-5-12-27(19)22(21-15-24-29-25-21)14-18-7-2-4-10-20(18)28(22)26-13-11-23-16-26/h2,4,7,10,15,17,19,23H,1,3,5-6,8-9,11-14,16H2. The van der Waals surface area contributed by atoms with E-state index in [0.717, 1.165) is 44.3 Å². The minimum atomic E-state index is -0.351. The molecule has 1 aliphatic carbocycles. The van der Waals surface area contributed by atoms with Gasteiger partial charge in [-0.25, -0.2) is 9.64 Å². The first-order valence-corrected chi connectivity index (χ1v) is 11.3. The molecule has 3 fully saturated rings. The summed E-state index contributed by atoms with van der Waals surface area (Å²) in [7, 11) is 0. The molecular formula is C22H30N6O. The SMILES string of the molecule is c1ccc2c(c1)CC(c1cnon1)(N1CCCC3CCCCC31)N2N1CCNC1. The number of hydrogen-bond donors (Lipinski definition) is 1. The zero-order valence-corrected chi connectivity index (χ0v) is 17.0. The number of nitrogens with one attached hydrogen (secondary N) is 1. The van der Waals surface area contributed by atoms with Crippen LogP contribution in [0.1, 0.15) is 49.8 Å². The molecule has 3 unspecified atom stereocenters. The van der Waals surface area contributed by atoms with Gasteiger partial charge in [-0.3, -0.25) is 9.91 Å². The van der Waals surface area contributed by atoms with E-state index < -0.39 is 0 Å². The highest BCUT2D eigenvalue weighted by Crippen LogP contribution is 2.51. The predicted molar refractivity (Wildman–Crippen MR) is 110 cm³/mol. The lowest BCUT2D eigenvalue weighted by Crippen LogP contribution is -2.67. The van der Waals surface area contributed by atoms with Crippen LogP contribution in [0.3, 0.4) is 0 Å². The topological polar surface area (TPSA) is 60.7 Å². The third kappa shape index (κ3) is 2.67. The number of benzene rings is 1. The zero-order chi connectivity index (χ0) is 19.3. The van der Waals surface area contributed by atoms with E-state index in [-0.39, 0.29) is 5.66 Å². The summed E-state index contributed by atoms with van der Waals surface area (Å²) in [4.78, 5) is 2.79. The van der Waals surface area contributed by atoms with Crippen LogP contribution in [0.25, 0.3) is 0 Å². The monoisotopic (exact) mass is 394 g/mol. The quantitative estimate of drug-likeness (QED) is 0.859. The van der Waals surface area contributed by atoms with Crippen LogP contribution in [0.15, 0.2) is 35.1 Å². The minimum absolute atomic E-state index is 0.351. The Morgan fingerprint density at radius 2 is 1.97 bits per heavy atom. The number of nitrogens with zero attached hydrogens (tertiary/aromatic N) is 5. The van der Waals surface area contributed by atoms with Gasteiger partial charge in [0.25, 0.3) is 0 Å². The number of anilines is 1. The van der Waals surface area contributed by atoms with Gasteiger partial charge >= 0.3 is 0 Å². The molecule has 1 N–H and O–H groups in total. The van der Waals surface area contributed by atoms with Gasteiger partial charge in [0.05, 0.1) is 18.6 Å². The van der Waals surface area contributed by atoms with Crippen molar-refractivity contribution >= 4 is 5.69 Å². The van der Waals surface area contributed by atoms with Crippen LogP contribution >= 0.6 is 0 Å². The largest absolute Gasteiger partial charge is 0.302 e. The number of piperidine rings is 1. The lowest BCUT2D eigenvalue weighted by Gasteiger charge is -2.56. The number of hydrogen-bond acceptors (Lipinski definition) is 7. The molecule has 4 heterocycles. The molecule has 6 rings (SSSR count). The normalized spacial score (nSPS) is 33.0. The van der Waals surface area contributed by atoms with Crippen LogP contribution in [0.2, 0.25) is 0 Å². The average Bonchev–Trinajstić information content (AvgIpc) is 3.52. The lowest BCUT2D eigenvalue weighted by atomic mass is 9.76. The molecule has 0 spiro atoms. The molecule has 4 aliphatic rings. The molecule has 1 aromatic carbocycles. The van der Waals surface area contributed by atoms with E-state index in [4.69, 9.17) is 4.63 Å². The molecule has 7 heteroatoms. The smallest absolute Gasteiger partial charge is 0.161 e. The molecule has 0 radical (unpaired) electrons. The molecule has 0 amide bonds. The molecule has 3 atom stereocenters. The van der Waals surface area contributed by atoms with E-state index in [9.17, 15) is 0 Å². The van der Waals surface area contributed by atoms with Crippen molar-refractivity contribution in [1.29, 1.82) is 0 Å². The second-order valence-corrected chi connectivity index (χ2v) is 9.06. The third-order valence-electron chi connectivity index (χ3n) is 7.62. The van der Waals surface area contributed by atoms with Gasteiger partial charge < -0.3 is 5.32 Å². The van der Waals surface area contributed by atoms with E-state index in [1.807, 2.05) is 6.20 Å². The molecular weight excluding hydrogens is 364 g/mol. The number of fused-ring (bicyclic) bond motifs is 2. The molecule has 154 valence electrons. The summed E-state index contributed by atoms with van der Waals surface area (Å²) < 4.78 is 5.20. The molecule has 2 aromatic rings. The maximum Gasteiger partial charge on any atom is 0.161 e. The van der Waals surface area contributed by atoms with Crippen LogP contribution in [0.5, 0.6) is 0 Å². The van der Waals surface area contributed by atoms with Gasteiger partial charge in [0, 0.05) is 32.1 Å². The van der Waals surface area contributed by atoms with Crippen molar-refractivity contribution in [1.82, 2.24) is 25.5 Å². The Hall–Kier alpha value is -1.96. The average molecular weight is 395 g/mol. The first-order valence-electron chi connectivity index (χ1n) is 11.3. The second-order valence-electron chi connectivity index (χ2n) is 9.06. The molecule has 29 heavy (non-hydrogen) atoms. The van der Waals surface area contributed by atoms with Gasteiger partial charge in [-0.15, -0.1) is 0 Å². The molecule has 3 aliphatic heterocycles. The van der Waals surface area contributed by atoms with Crippen LogP contribution in [-0.2, 0) is 12.1 Å². The van der Waals surface area contributed by atoms with Gasteiger partial charge in [0.15, 0.2) is 5.66 Å². The van der Waals surface area contributed by atoms with E-state index in [1.165, 1.54) is 49.8 Å². The maximum absolute atomic E-state index is 5.20. The Bertz CT molecular complexity index is 849. The van der Waals surface area contributed by atoms with E-state index in [2.05, 4.69) is 54.8 Å². The van der Waals surface area contributed by atoms with Gasteiger partial charge in [-0.05, 0) is 43.2 Å². The van der Waals surface area contributed by atoms with Crippen molar-refractivity contribution in [3.63, 3.8) is 0 Å². The summed E-state index contributed by atoms with van der Waals surface area (Å²) in [6.45, 7) is 3.99. The number of para-hydroxylation sites is 1. The van der Waals surface area contributed by atoms with Crippen molar-refractivity contribution in [2.75, 3.05) is 31.3 Å². The Labute approximate surface area is 172 Å². The van der Waals surface area contributed by atoms with Crippen LogP contribution in [-0.4, -0.2) is 52.6 Å². The summed E-state index contributed by atoms with van der Waals surface area (Å²) in [5.41, 5.74) is 3.29. The van der Waals surface area contributed by atoms with Crippen LogP contribution in [0.4, 0.5) is 5.69 Å². The first-order chi connectivity index (χ1) is 14.4. The molecule has 0 bridgehead atoms. The molecule has 1 aromatic heterocycles. The summed E-state index contributed by atoms with van der Waals surface area (Å²) in [6, 6.07) is 9.48. The van der Waals surface area contributed by atoms with E-state index in [0.29, 0.717) is 6.04 Å². The fourth-order valence-electron chi connectivity index (χ4n) is 6.45. The summed E-state index contributed by atoms with van der Waals surface area (Å²) >= 11 is 0. The van der Waals surface area contributed by atoms with E-state index in [1.54, 1.807) is 0 Å². The van der Waals surface area contributed by atoms with Gasteiger partial charge in [-0.1, -0.05) is 41.4 Å². The predicted octanol–water partition coefficient (Wildman–Crippen LogP) is 2.72. The highest BCUT2D eigenvalue weighted by atomic mass is 16.6. The highest BCUT2D eigenvalue weighted by Gasteiger charge is 2.57. The van der Waals surface area contributed by atoms with Crippen molar-refractivity contribution < 1.29 is 4.63 Å². The second kappa shape index (κ2) is 7.07. The number of rotatable bonds is 3. The Kier molecular flexibility index (Phi) is 4.36. The van der Waals surface area contributed by atoms with Gasteiger partial charge in [-0.2, -0.15) is 0 Å². The maximum atomic E-state index is 5.20. The fourth-order valence-corrected chi connectivity index (χ4v) is 6.45. The van der Waals surface area contributed by atoms with Crippen molar-refractivity contribution in [3.05, 3.63) is 41.7 Å². The van der Waals surface area contributed by atoms with Crippen LogP contribution < -0.4 is 10.3 Å². The zero-order valence-electron chi connectivity index (χ0n) is 17.0. The summed E-state index contributed by atoms with van der Waals surface area (Å²) in [5.74, 6) is 0.802. The minimum Gasteiger partial charge on any atom is -0.302 e. The molecule has 1 saturated carbocycles. The van der Waals surface area contributed by atoms with Crippen molar-refractivity contribution in [3.8, 4) is 0 Å². The fraction of sp³-hybridized carbons (Fsp3) is 0.636.